The van der Waals surface area contributed by atoms with E-state index in [0.29, 0.717) is 51.1 Å². The predicted octanol–water partition coefficient (Wildman–Crippen LogP) is 1.55. The van der Waals surface area contributed by atoms with E-state index in [0.717, 1.165) is 0 Å². The number of nitrogens with one attached hydrogen (secondary N) is 1. The van der Waals surface area contributed by atoms with E-state index in [-0.39, 0.29) is 5.82 Å². The summed E-state index contributed by atoms with van der Waals surface area (Å²) in [5, 5.41) is 3.18. The summed E-state index contributed by atoms with van der Waals surface area (Å²) in [5.41, 5.74) is 0.644. The molecule has 1 aliphatic heterocycles. The molecule has 1 aromatic rings. The minimum atomic E-state index is -3.16. The Balaban J connectivity index is 1.90. The normalized spacial score (nSPS) is 18.6. The van der Waals surface area contributed by atoms with Gasteiger partial charge in [0.25, 0.3) is 0 Å². The highest BCUT2D eigenvalue weighted by Gasteiger charge is 2.41. The summed E-state index contributed by atoms with van der Waals surface area (Å²) in [5.74, 6) is -0.219. The Morgan fingerprint density at radius 2 is 1.95 bits per heavy atom. The second kappa shape index (κ2) is 6.85. The van der Waals surface area contributed by atoms with Gasteiger partial charge < -0.3 is 10.1 Å². The first-order valence-electron chi connectivity index (χ1n) is 7.16. The summed E-state index contributed by atoms with van der Waals surface area (Å²) in [4.78, 5) is 0. The van der Waals surface area contributed by atoms with Gasteiger partial charge in [-0.2, -0.15) is 0 Å². The molecule has 21 heavy (non-hydrogen) atoms. The average Bonchev–Trinajstić information content (AvgIpc) is 2.45. The number of hydrogen-bond acceptors (Lipinski definition) is 4. The van der Waals surface area contributed by atoms with Crippen LogP contribution in [0.3, 0.4) is 0 Å². The van der Waals surface area contributed by atoms with Crippen LogP contribution in [0, 0.1) is 5.82 Å². The Morgan fingerprint density at radius 3 is 2.57 bits per heavy atom. The van der Waals surface area contributed by atoms with Gasteiger partial charge in [-0.3, -0.25) is 0 Å². The lowest BCUT2D eigenvalue weighted by Crippen LogP contribution is -2.51. The first kappa shape index (κ1) is 16.4. The molecule has 0 atom stereocenters. The van der Waals surface area contributed by atoms with E-state index in [2.05, 4.69) is 5.32 Å². The lowest BCUT2D eigenvalue weighted by Gasteiger charge is -2.35. The van der Waals surface area contributed by atoms with Gasteiger partial charge in [0.05, 0.1) is 4.75 Å². The molecule has 1 saturated heterocycles. The van der Waals surface area contributed by atoms with E-state index in [1.165, 1.54) is 12.3 Å². The number of hydrogen-bond donors (Lipinski definition) is 1. The largest absolute Gasteiger partial charge is 0.381 e. The zero-order valence-corrected chi connectivity index (χ0v) is 13.1. The van der Waals surface area contributed by atoms with Gasteiger partial charge in [0.15, 0.2) is 9.84 Å². The van der Waals surface area contributed by atoms with Gasteiger partial charge in [-0.05, 0) is 37.4 Å². The van der Waals surface area contributed by atoms with Crippen LogP contribution >= 0.6 is 0 Å². The highest BCUT2D eigenvalue weighted by molar-refractivity contribution is 7.92. The van der Waals surface area contributed by atoms with Crippen molar-refractivity contribution in [1.82, 2.24) is 5.32 Å². The maximum atomic E-state index is 13.5. The summed E-state index contributed by atoms with van der Waals surface area (Å²) >= 11 is 0. The Hall–Kier alpha value is -0.980. The molecule has 118 valence electrons. The molecule has 1 fully saturated rings. The third kappa shape index (κ3) is 4.02. The standard InChI is InChI=1S/C15H22FNO3S/c1-21(18,19)15(7-10-20-11-8-15)12-17-9-6-13-4-2-3-5-14(13)16/h2-5,17H,6-12H2,1H3. The van der Waals surface area contributed by atoms with Gasteiger partial charge in [-0.15, -0.1) is 0 Å². The van der Waals surface area contributed by atoms with Crippen LogP contribution in [0.5, 0.6) is 0 Å². The van der Waals surface area contributed by atoms with Crippen LogP contribution in [0.1, 0.15) is 18.4 Å². The zero-order chi connectivity index (χ0) is 15.3. The number of rotatable bonds is 6. The molecule has 0 amide bonds. The van der Waals surface area contributed by atoms with Crippen LogP contribution in [-0.2, 0) is 21.0 Å². The van der Waals surface area contributed by atoms with Gasteiger partial charge in [0, 0.05) is 26.0 Å². The van der Waals surface area contributed by atoms with E-state index in [9.17, 15) is 12.8 Å². The fourth-order valence-electron chi connectivity index (χ4n) is 2.66. The van der Waals surface area contributed by atoms with Crippen molar-refractivity contribution in [2.24, 2.45) is 0 Å². The number of benzene rings is 1. The molecular weight excluding hydrogens is 293 g/mol. The van der Waals surface area contributed by atoms with E-state index in [1.807, 2.05) is 0 Å². The van der Waals surface area contributed by atoms with Gasteiger partial charge in [-0.1, -0.05) is 18.2 Å². The van der Waals surface area contributed by atoms with Crippen LogP contribution in [0.25, 0.3) is 0 Å². The van der Waals surface area contributed by atoms with Crippen molar-refractivity contribution >= 4 is 9.84 Å². The van der Waals surface area contributed by atoms with Gasteiger partial charge >= 0.3 is 0 Å². The summed E-state index contributed by atoms with van der Waals surface area (Å²) in [6.07, 6.45) is 2.86. The molecule has 1 aromatic carbocycles. The molecule has 6 heteroatoms. The Labute approximate surface area is 125 Å². The van der Waals surface area contributed by atoms with Crippen LogP contribution < -0.4 is 5.32 Å². The molecular formula is C15H22FNO3S. The molecule has 0 aromatic heterocycles. The average molecular weight is 315 g/mol. The smallest absolute Gasteiger partial charge is 0.154 e. The lowest BCUT2D eigenvalue weighted by atomic mass is 9.99. The third-order valence-corrected chi connectivity index (χ3v) is 6.29. The van der Waals surface area contributed by atoms with Crippen molar-refractivity contribution in [2.75, 3.05) is 32.6 Å². The highest BCUT2D eigenvalue weighted by atomic mass is 32.2. The fourth-order valence-corrected chi connectivity index (χ4v) is 3.93. The minimum absolute atomic E-state index is 0.219. The molecule has 0 aliphatic carbocycles. The van der Waals surface area contributed by atoms with Crippen molar-refractivity contribution in [1.29, 1.82) is 0 Å². The third-order valence-electron chi connectivity index (χ3n) is 4.17. The molecule has 1 N–H and O–H groups in total. The van der Waals surface area contributed by atoms with Crippen molar-refractivity contribution in [2.45, 2.75) is 24.0 Å². The second-order valence-corrected chi connectivity index (χ2v) is 8.00. The fraction of sp³-hybridized carbons (Fsp3) is 0.600. The Morgan fingerprint density at radius 1 is 1.29 bits per heavy atom. The molecule has 0 bridgehead atoms. The lowest BCUT2D eigenvalue weighted by molar-refractivity contribution is 0.0746. The van der Waals surface area contributed by atoms with Crippen molar-refractivity contribution in [3.8, 4) is 0 Å². The summed E-state index contributed by atoms with van der Waals surface area (Å²) in [7, 11) is -3.16. The van der Waals surface area contributed by atoms with Crippen molar-refractivity contribution < 1.29 is 17.5 Å². The molecule has 0 saturated carbocycles. The Bertz CT molecular complexity index is 568. The molecule has 4 nitrogen and oxygen atoms in total. The number of ether oxygens (including phenoxy) is 1. The second-order valence-electron chi connectivity index (χ2n) is 5.59. The van der Waals surface area contributed by atoms with Crippen LogP contribution in [0.4, 0.5) is 4.39 Å². The Kier molecular flexibility index (Phi) is 5.35. The first-order valence-corrected chi connectivity index (χ1v) is 9.05. The molecule has 0 radical (unpaired) electrons. The zero-order valence-electron chi connectivity index (χ0n) is 12.3. The van der Waals surface area contributed by atoms with Gasteiger partial charge in [-0.25, -0.2) is 12.8 Å². The van der Waals surface area contributed by atoms with Crippen LogP contribution in [0.2, 0.25) is 0 Å². The maximum Gasteiger partial charge on any atom is 0.154 e. The predicted molar refractivity (Wildman–Crippen MR) is 80.6 cm³/mol. The quantitative estimate of drug-likeness (QED) is 0.809. The van der Waals surface area contributed by atoms with E-state index < -0.39 is 14.6 Å². The molecule has 0 unspecified atom stereocenters. The molecule has 0 spiro atoms. The van der Waals surface area contributed by atoms with Gasteiger partial charge in [0.1, 0.15) is 5.82 Å². The summed E-state index contributed by atoms with van der Waals surface area (Å²) < 4.78 is 42.2. The number of sulfone groups is 1. The van der Waals surface area contributed by atoms with Crippen molar-refractivity contribution in [3.63, 3.8) is 0 Å². The molecule has 1 aliphatic rings. The monoisotopic (exact) mass is 315 g/mol. The van der Waals surface area contributed by atoms with Crippen LogP contribution in [-0.4, -0.2) is 45.7 Å². The van der Waals surface area contributed by atoms with E-state index in [4.69, 9.17) is 4.74 Å². The van der Waals surface area contributed by atoms with E-state index in [1.54, 1.807) is 18.2 Å². The van der Waals surface area contributed by atoms with E-state index >= 15 is 0 Å². The van der Waals surface area contributed by atoms with Crippen LogP contribution in [0.15, 0.2) is 24.3 Å². The first-order chi connectivity index (χ1) is 9.95. The summed E-state index contributed by atoms with van der Waals surface area (Å²) in [6, 6.07) is 6.64. The molecule has 1 heterocycles. The maximum absolute atomic E-state index is 13.5. The minimum Gasteiger partial charge on any atom is -0.381 e. The number of halogens is 1. The molecule has 2 rings (SSSR count). The van der Waals surface area contributed by atoms with Gasteiger partial charge in [0.2, 0.25) is 0 Å². The SMILES string of the molecule is CS(=O)(=O)C1(CNCCc2ccccc2F)CCOCC1. The highest BCUT2D eigenvalue weighted by Crippen LogP contribution is 2.28. The topological polar surface area (TPSA) is 55.4 Å². The summed E-state index contributed by atoms with van der Waals surface area (Å²) in [6.45, 7) is 1.90. The van der Waals surface area contributed by atoms with Crippen molar-refractivity contribution in [3.05, 3.63) is 35.6 Å².